The molecule has 2 aromatic rings. The van der Waals surface area contributed by atoms with Gasteiger partial charge in [0, 0.05) is 43.1 Å². The molecule has 0 radical (unpaired) electrons. The smallest absolute Gasteiger partial charge is 0.255 e. The van der Waals surface area contributed by atoms with E-state index in [1.807, 2.05) is 36.4 Å². The third-order valence-corrected chi connectivity index (χ3v) is 9.42. The van der Waals surface area contributed by atoms with Gasteiger partial charge >= 0.3 is 0 Å². The van der Waals surface area contributed by atoms with E-state index in [1.165, 1.54) is 12.0 Å². The highest BCUT2D eigenvalue weighted by Gasteiger charge is 2.63. The highest BCUT2D eigenvalue weighted by Crippen LogP contribution is 2.49. The molecule has 2 bridgehead atoms. The molecule has 8 nitrogen and oxygen atoms in total. The zero-order valence-corrected chi connectivity index (χ0v) is 21.2. The van der Waals surface area contributed by atoms with Gasteiger partial charge < -0.3 is 9.64 Å². The van der Waals surface area contributed by atoms with Crippen molar-refractivity contribution in [2.45, 2.75) is 68.7 Å². The molecule has 3 amide bonds. The third-order valence-electron chi connectivity index (χ3n) is 9.42. The van der Waals surface area contributed by atoms with Gasteiger partial charge in [0.1, 0.15) is 17.4 Å². The van der Waals surface area contributed by atoms with Crippen LogP contribution in [-0.4, -0.2) is 58.3 Å². The number of piperidine rings is 2. The first kappa shape index (κ1) is 23.4. The number of ether oxygens (including phenoxy) is 1. The van der Waals surface area contributed by atoms with Crippen molar-refractivity contribution in [3.05, 3.63) is 64.7 Å². The van der Waals surface area contributed by atoms with Crippen LogP contribution in [0.2, 0.25) is 0 Å². The molecule has 0 unspecified atom stereocenters. The summed E-state index contributed by atoms with van der Waals surface area (Å²) in [6.07, 6.45) is 5.35. The lowest BCUT2D eigenvalue weighted by molar-refractivity contribution is -0.160. The van der Waals surface area contributed by atoms with Crippen LogP contribution in [0.3, 0.4) is 0 Å². The summed E-state index contributed by atoms with van der Waals surface area (Å²) in [6.45, 7) is 2.31. The fraction of sp³-hybridized carbons (Fsp3) is 0.467. The highest BCUT2D eigenvalue weighted by molar-refractivity contribution is 6.10. The molecular weight excluding hydrogens is 480 g/mol. The van der Waals surface area contributed by atoms with E-state index in [4.69, 9.17) is 4.74 Å². The summed E-state index contributed by atoms with van der Waals surface area (Å²) in [5.74, 6) is 0.324. The molecular formula is C30H30N4O4. The molecule has 4 heterocycles. The first-order valence-corrected chi connectivity index (χ1v) is 13.7. The molecule has 4 aliphatic heterocycles. The Morgan fingerprint density at radius 2 is 1.82 bits per heavy atom. The molecule has 1 N–H and O–H groups in total. The van der Waals surface area contributed by atoms with Crippen LogP contribution in [0.4, 0.5) is 0 Å². The zero-order valence-electron chi connectivity index (χ0n) is 21.2. The summed E-state index contributed by atoms with van der Waals surface area (Å²) < 4.78 is 6.58. The number of carbonyl (C=O) groups is 3. The maximum atomic E-state index is 13.2. The van der Waals surface area contributed by atoms with Crippen molar-refractivity contribution in [1.29, 1.82) is 5.26 Å². The topological polar surface area (TPSA) is 103 Å². The molecule has 8 heteroatoms. The highest BCUT2D eigenvalue weighted by atomic mass is 16.5. The van der Waals surface area contributed by atoms with Crippen LogP contribution >= 0.6 is 0 Å². The van der Waals surface area contributed by atoms with E-state index >= 15 is 0 Å². The average Bonchev–Trinajstić information content (AvgIpc) is 3.19. The first-order valence-electron chi connectivity index (χ1n) is 13.7. The van der Waals surface area contributed by atoms with Crippen LogP contribution in [0.1, 0.15) is 71.5 Å². The van der Waals surface area contributed by atoms with Crippen LogP contribution in [0, 0.1) is 17.2 Å². The van der Waals surface area contributed by atoms with Gasteiger partial charge in [-0.05, 0) is 73.6 Å². The van der Waals surface area contributed by atoms with E-state index in [0.717, 1.165) is 43.7 Å². The van der Waals surface area contributed by atoms with Crippen LogP contribution in [0.15, 0.2) is 42.5 Å². The molecule has 2 atom stereocenters. The quantitative estimate of drug-likeness (QED) is 0.620. The van der Waals surface area contributed by atoms with Crippen LogP contribution < -0.4 is 10.1 Å². The van der Waals surface area contributed by atoms with Gasteiger partial charge in [-0.15, -0.1) is 0 Å². The van der Waals surface area contributed by atoms with E-state index in [9.17, 15) is 19.6 Å². The van der Waals surface area contributed by atoms with Crippen LogP contribution in [0.5, 0.6) is 5.75 Å². The average molecular weight is 511 g/mol. The zero-order chi connectivity index (χ0) is 26.0. The minimum atomic E-state index is -0.898. The first-order chi connectivity index (χ1) is 18.4. The standard InChI is InChI=1S/C30H30N4O4/c31-14-18-4-3-5-19(10-18)22-15-33(16-22)25-6-1-2-7-26(25)38-23-8-9-24-20(11-23)17-34(28(24)36)30-12-21(13-30)27(35)32-29(30)37/h3-5,8-11,21-22,25-26H,1-2,6-7,12-13,15-17H2,(H,32,35,37)/t21?,25-,26-,30?/m1/s1. The number of likely N-dealkylation sites (tertiary alicyclic amines) is 1. The predicted octanol–water partition coefficient (Wildman–Crippen LogP) is 3.11. The van der Waals surface area contributed by atoms with Crippen molar-refractivity contribution in [2.75, 3.05) is 13.1 Å². The van der Waals surface area contributed by atoms with Crippen molar-refractivity contribution >= 4 is 17.7 Å². The predicted molar refractivity (Wildman–Crippen MR) is 137 cm³/mol. The molecule has 5 fully saturated rings. The maximum Gasteiger partial charge on any atom is 0.255 e. The summed E-state index contributed by atoms with van der Waals surface area (Å²) in [7, 11) is 0. The second-order valence-electron chi connectivity index (χ2n) is 11.6. The summed E-state index contributed by atoms with van der Waals surface area (Å²) in [6, 6.07) is 16.2. The second kappa shape index (κ2) is 8.67. The number of rotatable bonds is 5. The van der Waals surface area contributed by atoms with Crippen molar-refractivity contribution in [1.82, 2.24) is 15.1 Å². The van der Waals surface area contributed by atoms with E-state index in [-0.39, 0.29) is 29.7 Å². The number of nitriles is 1. The second-order valence-corrected chi connectivity index (χ2v) is 11.6. The number of hydrogen-bond acceptors (Lipinski definition) is 6. The summed E-state index contributed by atoms with van der Waals surface area (Å²) in [5, 5.41) is 11.7. The number of carbonyl (C=O) groups excluding carboxylic acids is 3. The summed E-state index contributed by atoms with van der Waals surface area (Å²) in [5.41, 5.74) is 2.54. The summed E-state index contributed by atoms with van der Waals surface area (Å²) in [4.78, 5) is 42.0. The van der Waals surface area contributed by atoms with Gasteiger partial charge in [0.25, 0.3) is 11.8 Å². The molecule has 2 aromatic carbocycles. The van der Waals surface area contributed by atoms with Gasteiger partial charge in [-0.2, -0.15) is 5.26 Å². The van der Waals surface area contributed by atoms with Gasteiger partial charge in [0.15, 0.2) is 0 Å². The molecule has 6 aliphatic rings. The Morgan fingerprint density at radius 1 is 1.00 bits per heavy atom. The SMILES string of the molecule is N#Cc1cccc(C2CN([C@@H]3CCCC[C@H]3Oc3ccc4c(c3)CN(C35CC(C3)C(=O)NC5=O)C4=O)C2)c1. The Bertz CT molecular complexity index is 1380. The van der Waals surface area contributed by atoms with E-state index < -0.39 is 5.54 Å². The Morgan fingerprint density at radius 3 is 2.61 bits per heavy atom. The Kier molecular flexibility index (Phi) is 5.34. The third kappa shape index (κ3) is 3.56. The Hall–Kier alpha value is -3.70. The fourth-order valence-electron chi connectivity index (χ4n) is 7.18. The number of nitrogens with zero attached hydrogens (tertiary/aromatic N) is 3. The van der Waals surface area contributed by atoms with E-state index in [0.29, 0.717) is 42.5 Å². The molecule has 194 valence electrons. The number of fused-ring (bicyclic) bond motifs is 3. The lowest BCUT2D eigenvalue weighted by Crippen LogP contribution is -2.73. The maximum absolute atomic E-state index is 13.2. The number of hydrogen-bond donors (Lipinski definition) is 1. The van der Waals surface area contributed by atoms with Gasteiger partial charge in [0.2, 0.25) is 5.91 Å². The van der Waals surface area contributed by atoms with E-state index in [2.05, 4.69) is 22.4 Å². The number of nitrogens with one attached hydrogen (secondary N) is 1. The lowest BCUT2D eigenvalue weighted by atomic mass is 9.63. The lowest BCUT2D eigenvalue weighted by Gasteiger charge is -2.53. The van der Waals surface area contributed by atoms with Crippen molar-refractivity contribution in [3.63, 3.8) is 0 Å². The van der Waals surface area contributed by atoms with Crippen molar-refractivity contribution < 1.29 is 19.1 Å². The molecule has 38 heavy (non-hydrogen) atoms. The van der Waals surface area contributed by atoms with E-state index in [1.54, 1.807) is 4.90 Å². The number of amides is 3. The largest absolute Gasteiger partial charge is 0.489 e. The van der Waals surface area contributed by atoms with Crippen molar-refractivity contribution in [3.8, 4) is 11.8 Å². The fourth-order valence-corrected chi connectivity index (χ4v) is 7.18. The molecule has 2 saturated carbocycles. The molecule has 3 saturated heterocycles. The minimum Gasteiger partial charge on any atom is -0.489 e. The van der Waals surface area contributed by atoms with Gasteiger partial charge in [-0.25, -0.2) is 0 Å². The molecule has 8 rings (SSSR count). The molecule has 0 aromatic heterocycles. The normalized spacial score (nSPS) is 30.7. The van der Waals surface area contributed by atoms with Crippen LogP contribution in [0.25, 0.3) is 0 Å². The molecule has 0 spiro atoms. The van der Waals surface area contributed by atoms with Gasteiger partial charge in [-0.1, -0.05) is 18.6 Å². The monoisotopic (exact) mass is 510 g/mol. The minimum absolute atomic E-state index is 0.0857. The number of benzene rings is 2. The van der Waals surface area contributed by atoms with Crippen molar-refractivity contribution in [2.24, 2.45) is 5.92 Å². The Balaban J connectivity index is 1.03. The van der Waals surface area contributed by atoms with Gasteiger partial charge in [-0.3, -0.25) is 24.6 Å². The van der Waals surface area contributed by atoms with Gasteiger partial charge in [0.05, 0.1) is 11.6 Å². The molecule has 2 aliphatic carbocycles. The summed E-state index contributed by atoms with van der Waals surface area (Å²) >= 11 is 0. The number of imide groups is 1. The Labute approximate surface area is 221 Å². The van der Waals surface area contributed by atoms with Crippen LogP contribution in [-0.2, 0) is 16.1 Å².